The van der Waals surface area contributed by atoms with Crippen LogP contribution in [0, 0.1) is 0 Å². The van der Waals surface area contributed by atoms with Crippen LogP contribution >= 0.6 is 0 Å². The van der Waals surface area contributed by atoms with Gasteiger partial charge in [0.25, 0.3) is 0 Å². The van der Waals surface area contributed by atoms with Gasteiger partial charge < -0.3 is 10.3 Å². The van der Waals surface area contributed by atoms with E-state index in [1.54, 1.807) is 28.6 Å². The normalized spacial score (nSPS) is 12.0. The van der Waals surface area contributed by atoms with Gasteiger partial charge >= 0.3 is 5.69 Å². The van der Waals surface area contributed by atoms with Crippen LogP contribution in [0.3, 0.4) is 0 Å². The molecule has 0 aliphatic heterocycles. The van der Waals surface area contributed by atoms with Crippen LogP contribution in [0.4, 0.5) is 0 Å². The lowest BCUT2D eigenvalue weighted by Gasteiger charge is -2.17. The van der Waals surface area contributed by atoms with Gasteiger partial charge in [-0.25, -0.2) is 4.79 Å². The van der Waals surface area contributed by atoms with Crippen molar-refractivity contribution < 1.29 is 0 Å². The van der Waals surface area contributed by atoms with Gasteiger partial charge in [-0.2, -0.15) is 0 Å². The van der Waals surface area contributed by atoms with Gasteiger partial charge in [-0.15, -0.1) is 0 Å². The van der Waals surface area contributed by atoms with Crippen molar-refractivity contribution in [2.75, 3.05) is 0 Å². The van der Waals surface area contributed by atoms with E-state index in [1.165, 1.54) is 0 Å². The minimum absolute atomic E-state index is 0.0178. The highest BCUT2D eigenvalue weighted by Crippen LogP contribution is 2.04. The predicted molar refractivity (Wildman–Crippen MR) is 52.6 cm³/mol. The van der Waals surface area contributed by atoms with Gasteiger partial charge in [-0.3, -0.25) is 4.57 Å². The van der Waals surface area contributed by atoms with Gasteiger partial charge in [0.15, 0.2) is 0 Å². The van der Waals surface area contributed by atoms with Crippen molar-refractivity contribution >= 4 is 0 Å². The zero-order valence-electron chi connectivity index (χ0n) is 8.45. The first-order chi connectivity index (χ1) is 5.90. The van der Waals surface area contributed by atoms with Crippen molar-refractivity contribution in [3.05, 3.63) is 22.9 Å². The molecule has 0 bridgehead atoms. The number of aromatic nitrogens is 2. The monoisotopic (exact) mass is 183 g/mol. The molecule has 1 heterocycles. The van der Waals surface area contributed by atoms with Crippen LogP contribution in [0.5, 0.6) is 0 Å². The van der Waals surface area contributed by atoms with E-state index in [0.717, 1.165) is 6.42 Å². The Morgan fingerprint density at radius 3 is 2.46 bits per heavy atom. The highest BCUT2D eigenvalue weighted by atomic mass is 16.1. The van der Waals surface area contributed by atoms with Crippen molar-refractivity contribution in [1.82, 2.24) is 9.13 Å². The summed E-state index contributed by atoms with van der Waals surface area (Å²) in [6.45, 7) is 4.60. The van der Waals surface area contributed by atoms with E-state index < -0.39 is 0 Å². The number of rotatable bonds is 3. The first-order valence-corrected chi connectivity index (χ1v) is 4.41. The number of hydrogen-bond donors (Lipinski definition) is 1. The summed E-state index contributed by atoms with van der Waals surface area (Å²) in [5, 5.41) is 0. The number of nitrogens with two attached hydrogens (primary N) is 1. The maximum Gasteiger partial charge on any atom is 0.327 e. The lowest BCUT2D eigenvalue weighted by molar-refractivity contribution is 0.431. The molecular formula is C9H17N3O. The number of imidazole rings is 1. The molecular weight excluding hydrogens is 166 g/mol. The average Bonchev–Trinajstić information content (AvgIpc) is 2.29. The molecule has 0 amide bonds. The highest BCUT2D eigenvalue weighted by molar-refractivity contribution is 4.81. The SMILES string of the molecule is Cn1ccn(CCC(C)(C)N)c1=O. The number of aryl methyl sites for hydroxylation is 2. The van der Waals surface area contributed by atoms with Crippen LogP contribution in [-0.2, 0) is 13.6 Å². The first-order valence-electron chi connectivity index (χ1n) is 4.41. The third-order valence-electron chi connectivity index (χ3n) is 2.01. The summed E-state index contributed by atoms with van der Waals surface area (Å²) < 4.78 is 3.23. The Bertz CT molecular complexity index is 329. The Balaban J connectivity index is 2.66. The number of nitrogens with zero attached hydrogens (tertiary/aromatic N) is 2. The summed E-state index contributed by atoms with van der Waals surface area (Å²) in [6.07, 6.45) is 4.34. The largest absolute Gasteiger partial charge is 0.327 e. The molecule has 0 aliphatic carbocycles. The zero-order valence-corrected chi connectivity index (χ0v) is 8.45. The molecule has 1 aromatic rings. The topological polar surface area (TPSA) is 52.9 Å². The molecule has 2 N–H and O–H groups in total. The van der Waals surface area contributed by atoms with E-state index in [-0.39, 0.29) is 11.2 Å². The maximum absolute atomic E-state index is 11.4. The molecule has 0 fully saturated rings. The summed E-state index contributed by atoms with van der Waals surface area (Å²) in [5.41, 5.74) is 5.62. The van der Waals surface area contributed by atoms with Gasteiger partial charge in [0.1, 0.15) is 0 Å². The van der Waals surface area contributed by atoms with Crippen LogP contribution in [0.2, 0.25) is 0 Å². The Morgan fingerprint density at radius 2 is 2.08 bits per heavy atom. The maximum atomic E-state index is 11.4. The Morgan fingerprint density at radius 1 is 1.46 bits per heavy atom. The molecule has 4 heteroatoms. The second-order valence-corrected chi connectivity index (χ2v) is 4.12. The predicted octanol–water partition coefficient (Wildman–Crippen LogP) is 0.314. The number of hydrogen-bond acceptors (Lipinski definition) is 2. The van der Waals surface area contributed by atoms with Crippen LogP contribution in [0.15, 0.2) is 17.2 Å². The van der Waals surface area contributed by atoms with E-state index >= 15 is 0 Å². The van der Waals surface area contributed by atoms with Crippen molar-refractivity contribution in [1.29, 1.82) is 0 Å². The lowest BCUT2D eigenvalue weighted by Crippen LogP contribution is -2.34. The molecule has 74 valence electrons. The fourth-order valence-corrected chi connectivity index (χ4v) is 1.09. The molecule has 0 saturated heterocycles. The van der Waals surface area contributed by atoms with Gasteiger partial charge in [-0.1, -0.05) is 0 Å². The van der Waals surface area contributed by atoms with Crippen molar-refractivity contribution in [3.63, 3.8) is 0 Å². The molecule has 0 unspecified atom stereocenters. The summed E-state index contributed by atoms with van der Waals surface area (Å²) in [6, 6.07) is 0. The van der Waals surface area contributed by atoms with Crippen LogP contribution in [0.1, 0.15) is 20.3 Å². The summed E-state index contributed by atoms with van der Waals surface area (Å²) in [7, 11) is 1.74. The van der Waals surface area contributed by atoms with Gasteiger partial charge in [0.2, 0.25) is 0 Å². The van der Waals surface area contributed by atoms with Crippen molar-refractivity contribution in [2.24, 2.45) is 12.8 Å². The molecule has 0 spiro atoms. The fraction of sp³-hybridized carbons (Fsp3) is 0.667. The summed E-state index contributed by atoms with van der Waals surface area (Å²) >= 11 is 0. The highest BCUT2D eigenvalue weighted by Gasteiger charge is 2.11. The molecule has 13 heavy (non-hydrogen) atoms. The smallest absolute Gasteiger partial charge is 0.325 e. The van der Waals surface area contributed by atoms with E-state index in [0.29, 0.717) is 6.54 Å². The second-order valence-electron chi connectivity index (χ2n) is 4.12. The Labute approximate surface area is 78.0 Å². The Hall–Kier alpha value is -1.03. The molecule has 1 rings (SSSR count). The lowest BCUT2D eigenvalue weighted by atomic mass is 10.0. The van der Waals surface area contributed by atoms with Crippen LogP contribution < -0.4 is 11.4 Å². The summed E-state index contributed by atoms with van der Waals surface area (Å²) in [5.74, 6) is 0. The standard InChI is InChI=1S/C9H17N3O/c1-9(2,10)4-5-12-7-6-11(3)8(12)13/h6-7H,4-5,10H2,1-3H3. The zero-order chi connectivity index (χ0) is 10.1. The van der Waals surface area contributed by atoms with E-state index in [9.17, 15) is 4.79 Å². The molecule has 0 saturated carbocycles. The molecule has 0 aliphatic rings. The molecule has 0 aromatic carbocycles. The van der Waals surface area contributed by atoms with E-state index in [2.05, 4.69) is 0 Å². The van der Waals surface area contributed by atoms with E-state index in [1.807, 2.05) is 13.8 Å². The van der Waals surface area contributed by atoms with Crippen LogP contribution in [-0.4, -0.2) is 14.7 Å². The van der Waals surface area contributed by atoms with E-state index in [4.69, 9.17) is 5.73 Å². The second kappa shape index (κ2) is 3.38. The summed E-state index contributed by atoms with van der Waals surface area (Å²) in [4.78, 5) is 11.4. The van der Waals surface area contributed by atoms with Gasteiger partial charge in [0.05, 0.1) is 0 Å². The molecule has 0 radical (unpaired) electrons. The first kappa shape index (κ1) is 10.1. The van der Waals surface area contributed by atoms with Crippen molar-refractivity contribution in [3.8, 4) is 0 Å². The molecule has 1 aromatic heterocycles. The third kappa shape index (κ3) is 2.73. The quantitative estimate of drug-likeness (QED) is 0.733. The van der Waals surface area contributed by atoms with Gasteiger partial charge in [0, 0.05) is 31.5 Å². The minimum Gasteiger partial charge on any atom is -0.325 e. The van der Waals surface area contributed by atoms with Crippen LogP contribution in [0.25, 0.3) is 0 Å². The van der Waals surface area contributed by atoms with Gasteiger partial charge in [-0.05, 0) is 20.3 Å². The minimum atomic E-state index is -0.213. The third-order valence-corrected chi connectivity index (χ3v) is 2.01. The fourth-order valence-electron chi connectivity index (χ4n) is 1.09. The van der Waals surface area contributed by atoms with Crippen molar-refractivity contribution in [2.45, 2.75) is 32.4 Å². The molecule has 0 atom stereocenters. The average molecular weight is 183 g/mol. The Kier molecular flexibility index (Phi) is 2.61. The molecule has 4 nitrogen and oxygen atoms in total.